The summed E-state index contributed by atoms with van der Waals surface area (Å²) in [4.78, 5) is 10.9. The van der Waals surface area contributed by atoms with Crippen molar-refractivity contribution in [1.29, 1.82) is 0 Å². The number of ether oxygens (including phenoxy) is 1. The van der Waals surface area contributed by atoms with Crippen LogP contribution in [0.25, 0.3) is 0 Å². The van der Waals surface area contributed by atoms with Gasteiger partial charge in [-0.05, 0) is 47.9 Å². The van der Waals surface area contributed by atoms with Crippen molar-refractivity contribution in [3.63, 3.8) is 0 Å². The molecule has 2 aromatic carbocycles. The molecular formula is C16H16O4. The van der Waals surface area contributed by atoms with E-state index in [1.807, 2.05) is 25.1 Å². The number of carboxylic acid groups (broad SMARTS) is 1. The number of hydrogen-bond donors (Lipinski definition) is 2. The molecule has 0 saturated carbocycles. The van der Waals surface area contributed by atoms with Crippen LogP contribution in [0, 0.1) is 6.92 Å². The van der Waals surface area contributed by atoms with Crippen molar-refractivity contribution < 1.29 is 19.7 Å². The highest BCUT2D eigenvalue weighted by Crippen LogP contribution is 2.17. The highest BCUT2D eigenvalue weighted by Gasteiger charge is 2.06. The van der Waals surface area contributed by atoms with Crippen LogP contribution in [-0.4, -0.2) is 16.2 Å². The molecule has 0 atom stereocenters. The lowest BCUT2D eigenvalue weighted by Crippen LogP contribution is -2.02. The number of aliphatic hydroxyl groups excluding tert-OH is 1. The summed E-state index contributed by atoms with van der Waals surface area (Å²) in [5.41, 5.74) is 2.88. The monoisotopic (exact) mass is 272 g/mol. The second-order valence-electron chi connectivity index (χ2n) is 4.54. The number of aromatic carboxylic acids is 1. The molecule has 20 heavy (non-hydrogen) atoms. The lowest BCUT2D eigenvalue weighted by Gasteiger charge is -2.10. The Morgan fingerprint density at radius 1 is 1.20 bits per heavy atom. The van der Waals surface area contributed by atoms with Gasteiger partial charge in [-0.3, -0.25) is 0 Å². The van der Waals surface area contributed by atoms with Crippen molar-refractivity contribution in [2.75, 3.05) is 0 Å². The van der Waals surface area contributed by atoms with Crippen LogP contribution in [0.2, 0.25) is 0 Å². The van der Waals surface area contributed by atoms with Gasteiger partial charge in [-0.25, -0.2) is 4.79 Å². The molecular weight excluding hydrogens is 256 g/mol. The minimum atomic E-state index is -0.934. The predicted octanol–water partition coefficient (Wildman–Crippen LogP) is 2.76. The van der Waals surface area contributed by atoms with Crippen LogP contribution >= 0.6 is 0 Å². The van der Waals surface area contributed by atoms with E-state index in [1.165, 1.54) is 0 Å². The molecule has 4 heteroatoms. The van der Waals surface area contributed by atoms with Gasteiger partial charge in [0, 0.05) is 0 Å². The second-order valence-corrected chi connectivity index (χ2v) is 4.54. The van der Waals surface area contributed by atoms with Crippen LogP contribution in [0.1, 0.15) is 27.0 Å². The average molecular weight is 272 g/mol. The maximum absolute atomic E-state index is 10.9. The molecule has 0 fully saturated rings. The van der Waals surface area contributed by atoms with E-state index >= 15 is 0 Å². The molecule has 2 N–H and O–H groups in total. The van der Waals surface area contributed by atoms with Gasteiger partial charge in [-0.1, -0.05) is 18.2 Å². The van der Waals surface area contributed by atoms with Gasteiger partial charge in [0.05, 0.1) is 12.2 Å². The zero-order valence-electron chi connectivity index (χ0n) is 11.2. The normalized spacial score (nSPS) is 10.3. The van der Waals surface area contributed by atoms with E-state index in [-0.39, 0.29) is 12.2 Å². The van der Waals surface area contributed by atoms with Crippen LogP contribution in [0.4, 0.5) is 0 Å². The Bertz CT molecular complexity index is 620. The molecule has 2 rings (SSSR count). The van der Waals surface area contributed by atoms with Crippen molar-refractivity contribution in [1.82, 2.24) is 0 Å². The van der Waals surface area contributed by atoms with Crippen molar-refractivity contribution in [2.24, 2.45) is 0 Å². The maximum Gasteiger partial charge on any atom is 0.335 e. The molecule has 0 saturated heterocycles. The quantitative estimate of drug-likeness (QED) is 0.878. The summed E-state index contributed by atoms with van der Waals surface area (Å²) in [6, 6.07) is 12.2. The van der Waals surface area contributed by atoms with E-state index in [9.17, 15) is 4.79 Å². The summed E-state index contributed by atoms with van der Waals surface area (Å²) in [5.74, 6) is -0.255. The van der Waals surface area contributed by atoms with Gasteiger partial charge in [0.2, 0.25) is 0 Å². The number of benzene rings is 2. The largest absolute Gasteiger partial charge is 0.489 e. The summed E-state index contributed by atoms with van der Waals surface area (Å²) < 4.78 is 5.66. The Morgan fingerprint density at radius 2 is 2.00 bits per heavy atom. The third-order valence-electron chi connectivity index (χ3n) is 3.06. The molecule has 0 aliphatic carbocycles. The van der Waals surface area contributed by atoms with E-state index in [1.54, 1.807) is 24.3 Å². The van der Waals surface area contributed by atoms with Crippen molar-refractivity contribution in [3.8, 4) is 5.75 Å². The molecule has 0 aliphatic rings. The van der Waals surface area contributed by atoms with E-state index in [4.69, 9.17) is 14.9 Å². The first-order valence-electron chi connectivity index (χ1n) is 6.25. The average Bonchev–Trinajstić information content (AvgIpc) is 2.46. The Hall–Kier alpha value is -2.33. The molecule has 0 amide bonds. The number of hydrogen-bond acceptors (Lipinski definition) is 3. The predicted molar refractivity (Wildman–Crippen MR) is 74.8 cm³/mol. The lowest BCUT2D eigenvalue weighted by molar-refractivity contribution is 0.0696. The van der Waals surface area contributed by atoms with Crippen LogP contribution in [0.3, 0.4) is 0 Å². The SMILES string of the molecule is Cc1cc(C(=O)O)ccc1COc1cccc(CO)c1. The Morgan fingerprint density at radius 3 is 2.65 bits per heavy atom. The maximum atomic E-state index is 10.9. The van der Waals surface area contributed by atoms with Gasteiger partial charge in [0.25, 0.3) is 0 Å². The van der Waals surface area contributed by atoms with Crippen molar-refractivity contribution >= 4 is 5.97 Å². The number of carbonyl (C=O) groups is 1. The first kappa shape index (κ1) is 14.1. The molecule has 0 bridgehead atoms. The summed E-state index contributed by atoms with van der Waals surface area (Å²) in [6.45, 7) is 2.19. The third kappa shape index (κ3) is 3.36. The van der Waals surface area contributed by atoms with Crippen LogP contribution in [0.5, 0.6) is 5.75 Å². The summed E-state index contributed by atoms with van der Waals surface area (Å²) in [6.07, 6.45) is 0. The molecule has 0 spiro atoms. The van der Waals surface area contributed by atoms with Gasteiger partial charge in [-0.15, -0.1) is 0 Å². The second kappa shape index (κ2) is 6.21. The van der Waals surface area contributed by atoms with Crippen LogP contribution < -0.4 is 4.74 Å². The van der Waals surface area contributed by atoms with E-state index in [0.717, 1.165) is 16.7 Å². The van der Waals surface area contributed by atoms with Crippen LogP contribution in [0.15, 0.2) is 42.5 Å². The summed E-state index contributed by atoms with van der Waals surface area (Å²) >= 11 is 0. The fourth-order valence-electron chi connectivity index (χ4n) is 1.89. The molecule has 0 unspecified atom stereocenters. The minimum Gasteiger partial charge on any atom is -0.489 e. The fourth-order valence-corrected chi connectivity index (χ4v) is 1.89. The molecule has 104 valence electrons. The molecule has 0 heterocycles. The molecule has 0 aliphatic heterocycles. The fraction of sp³-hybridized carbons (Fsp3) is 0.188. The molecule has 4 nitrogen and oxygen atoms in total. The Balaban J connectivity index is 2.08. The van der Waals surface area contributed by atoms with Crippen LogP contribution in [-0.2, 0) is 13.2 Å². The summed E-state index contributed by atoms with van der Waals surface area (Å²) in [5, 5.41) is 18.0. The van der Waals surface area contributed by atoms with Gasteiger partial charge >= 0.3 is 5.97 Å². The number of rotatable bonds is 5. The number of aliphatic hydroxyl groups is 1. The zero-order valence-corrected chi connectivity index (χ0v) is 11.2. The van der Waals surface area contributed by atoms with Gasteiger partial charge in [0.15, 0.2) is 0 Å². The van der Waals surface area contributed by atoms with Gasteiger partial charge in [0.1, 0.15) is 12.4 Å². The van der Waals surface area contributed by atoms with Crippen molar-refractivity contribution in [2.45, 2.75) is 20.1 Å². The smallest absolute Gasteiger partial charge is 0.335 e. The Labute approximate surface area is 117 Å². The lowest BCUT2D eigenvalue weighted by atomic mass is 10.1. The topological polar surface area (TPSA) is 66.8 Å². The van der Waals surface area contributed by atoms with Crippen molar-refractivity contribution in [3.05, 3.63) is 64.7 Å². The zero-order chi connectivity index (χ0) is 14.5. The molecule has 0 radical (unpaired) electrons. The van der Waals surface area contributed by atoms with Gasteiger partial charge in [-0.2, -0.15) is 0 Å². The van der Waals surface area contributed by atoms with E-state index in [2.05, 4.69) is 0 Å². The summed E-state index contributed by atoms with van der Waals surface area (Å²) in [7, 11) is 0. The van der Waals surface area contributed by atoms with Gasteiger partial charge < -0.3 is 14.9 Å². The molecule has 2 aromatic rings. The highest BCUT2D eigenvalue weighted by atomic mass is 16.5. The first-order chi connectivity index (χ1) is 9.60. The van der Waals surface area contributed by atoms with E-state index < -0.39 is 5.97 Å². The molecule has 0 aromatic heterocycles. The number of aryl methyl sites for hydroxylation is 1. The number of carboxylic acids is 1. The standard InChI is InChI=1S/C16H16O4/c1-11-7-13(16(18)19)5-6-14(11)10-20-15-4-2-3-12(8-15)9-17/h2-8,17H,9-10H2,1H3,(H,18,19). The highest BCUT2D eigenvalue weighted by molar-refractivity contribution is 5.87. The minimum absolute atomic E-state index is 0.0243. The third-order valence-corrected chi connectivity index (χ3v) is 3.06. The Kier molecular flexibility index (Phi) is 4.38. The van der Waals surface area contributed by atoms with E-state index in [0.29, 0.717) is 12.4 Å². The first-order valence-corrected chi connectivity index (χ1v) is 6.25.